The van der Waals surface area contributed by atoms with Crippen LogP contribution < -0.4 is 14.9 Å². The van der Waals surface area contributed by atoms with Crippen molar-refractivity contribution in [2.45, 2.75) is 71.9 Å². The van der Waals surface area contributed by atoms with Gasteiger partial charge in [0.15, 0.2) is 0 Å². The number of aromatic nitrogens is 1. The van der Waals surface area contributed by atoms with Crippen LogP contribution in [0.25, 0.3) is 11.1 Å². The van der Waals surface area contributed by atoms with Crippen LogP contribution in [0.4, 0.5) is 16.4 Å². The van der Waals surface area contributed by atoms with Crippen LogP contribution in [-0.2, 0) is 19.6 Å². The van der Waals surface area contributed by atoms with E-state index in [9.17, 15) is 18.0 Å². The highest BCUT2D eigenvalue weighted by atomic mass is 32.2. The Morgan fingerprint density at radius 1 is 1.02 bits per heavy atom. The summed E-state index contributed by atoms with van der Waals surface area (Å²) in [5.74, 6) is -0.227. The van der Waals surface area contributed by atoms with Gasteiger partial charge >= 0.3 is 12.0 Å². The fourth-order valence-electron chi connectivity index (χ4n) is 4.23. The molecule has 0 spiro atoms. The molecule has 0 bridgehead atoms. The smallest absolute Gasteiger partial charge is 0.328 e. The van der Waals surface area contributed by atoms with Crippen LogP contribution >= 0.6 is 0 Å². The van der Waals surface area contributed by atoms with Gasteiger partial charge in [-0.05, 0) is 70.7 Å². The zero-order valence-corrected chi connectivity index (χ0v) is 24.8. The molecule has 0 aliphatic rings. The lowest BCUT2D eigenvalue weighted by molar-refractivity contribution is -0.145. The zero-order valence-electron chi connectivity index (χ0n) is 24.0. The van der Waals surface area contributed by atoms with Gasteiger partial charge in [0.25, 0.3) is 10.0 Å². The maximum atomic E-state index is 13.3. The molecule has 3 rings (SSSR count). The van der Waals surface area contributed by atoms with Crippen LogP contribution in [0.1, 0.15) is 52.3 Å². The first-order chi connectivity index (χ1) is 18.9. The number of esters is 1. The molecule has 11 heteroatoms. The average Bonchev–Trinajstić information content (AvgIpc) is 3.20. The van der Waals surface area contributed by atoms with Crippen LogP contribution in [-0.4, -0.2) is 44.3 Å². The molecule has 1 atom stereocenters. The van der Waals surface area contributed by atoms with Gasteiger partial charge in [-0.3, -0.25) is 4.90 Å². The van der Waals surface area contributed by atoms with Crippen molar-refractivity contribution in [3.63, 3.8) is 0 Å². The monoisotopic (exact) mass is 570 g/mol. The fourth-order valence-corrected chi connectivity index (χ4v) is 5.50. The number of amides is 2. The second-order valence-corrected chi connectivity index (χ2v) is 11.9. The van der Waals surface area contributed by atoms with Crippen molar-refractivity contribution in [2.75, 3.05) is 16.2 Å². The fraction of sp³-hybridized carbons (Fsp3) is 0.414. The highest BCUT2D eigenvalue weighted by molar-refractivity contribution is 7.92. The highest BCUT2D eigenvalue weighted by Crippen LogP contribution is 2.31. The standard InChI is InChI=1S/C29H38N4O6S/c1-8-38-28(34)25(17-18(2)3)30-29(35)33(19(4)5)23-15-13-22(14-16-23)24-11-9-10-12-26(24)40(36,37)32-27-20(6)21(7)31-39-27/h9-16,18-19,25,32H,8,17H2,1-7H3,(H,30,35). The summed E-state index contributed by atoms with van der Waals surface area (Å²) < 4.78 is 39.4. The number of urea groups is 1. The summed E-state index contributed by atoms with van der Waals surface area (Å²) in [6.07, 6.45) is 0.446. The Kier molecular flexibility index (Phi) is 9.97. The van der Waals surface area contributed by atoms with E-state index < -0.39 is 28.1 Å². The number of sulfonamides is 1. The Balaban J connectivity index is 1.89. The number of rotatable bonds is 11. The number of nitrogens with one attached hydrogen (secondary N) is 2. The van der Waals surface area contributed by atoms with Gasteiger partial charge in [0, 0.05) is 22.9 Å². The summed E-state index contributed by atoms with van der Waals surface area (Å²) in [5, 5.41) is 6.64. The zero-order chi connectivity index (χ0) is 29.6. The third-order valence-electron chi connectivity index (χ3n) is 6.33. The lowest BCUT2D eigenvalue weighted by atomic mass is 10.0. The summed E-state index contributed by atoms with van der Waals surface area (Å²) >= 11 is 0. The van der Waals surface area contributed by atoms with Gasteiger partial charge in [-0.2, -0.15) is 0 Å². The van der Waals surface area contributed by atoms with E-state index in [1.807, 2.05) is 27.7 Å². The Morgan fingerprint density at radius 2 is 1.68 bits per heavy atom. The topological polar surface area (TPSA) is 131 Å². The van der Waals surface area contributed by atoms with E-state index in [1.165, 1.54) is 6.07 Å². The van der Waals surface area contributed by atoms with Gasteiger partial charge in [0.2, 0.25) is 5.88 Å². The third kappa shape index (κ3) is 7.20. The SMILES string of the molecule is CCOC(=O)C(CC(C)C)NC(=O)N(c1ccc(-c2ccccc2S(=O)(=O)Nc2onc(C)c2C)cc1)C(C)C. The van der Waals surface area contributed by atoms with Crippen molar-refractivity contribution in [3.05, 3.63) is 59.8 Å². The van der Waals surface area contributed by atoms with Gasteiger partial charge in [0.05, 0.1) is 17.2 Å². The number of hydrogen-bond donors (Lipinski definition) is 2. The second-order valence-electron chi connectivity index (χ2n) is 10.2. The van der Waals surface area contributed by atoms with Gasteiger partial charge in [0.1, 0.15) is 6.04 Å². The highest BCUT2D eigenvalue weighted by Gasteiger charge is 2.28. The first-order valence-corrected chi connectivity index (χ1v) is 14.8. The van der Waals surface area contributed by atoms with Crippen molar-refractivity contribution in [1.82, 2.24) is 10.5 Å². The molecule has 2 amide bonds. The summed E-state index contributed by atoms with van der Waals surface area (Å²) in [6, 6.07) is 12.2. The summed E-state index contributed by atoms with van der Waals surface area (Å²) in [4.78, 5) is 27.4. The summed E-state index contributed by atoms with van der Waals surface area (Å²) in [5.41, 5.74) is 2.92. The molecule has 1 aromatic heterocycles. The van der Waals surface area contributed by atoms with Crippen LogP contribution in [0.15, 0.2) is 57.9 Å². The number of anilines is 2. The molecule has 0 aliphatic carbocycles. The number of aryl methyl sites for hydroxylation is 1. The predicted molar refractivity (Wildman–Crippen MR) is 155 cm³/mol. The minimum absolute atomic E-state index is 0.0693. The number of benzene rings is 2. The Hall–Kier alpha value is -3.86. The van der Waals surface area contributed by atoms with E-state index in [2.05, 4.69) is 15.2 Å². The van der Waals surface area contributed by atoms with E-state index in [0.29, 0.717) is 34.5 Å². The Morgan fingerprint density at radius 3 is 2.23 bits per heavy atom. The number of hydrogen-bond acceptors (Lipinski definition) is 7. The molecule has 0 saturated carbocycles. The summed E-state index contributed by atoms with van der Waals surface area (Å²) in [6.45, 7) is 13.1. The minimum Gasteiger partial charge on any atom is -0.464 e. The molecule has 3 aromatic rings. The van der Waals surface area contributed by atoms with Crippen LogP contribution in [0, 0.1) is 19.8 Å². The molecule has 0 saturated heterocycles. The first kappa shape index (κ1) is 30.7. The molecule has 2 N–H and O–H groups in total. The maximum Gasteiger partial charge on any atom is 0.328 e. The van der Waals surface area contributed by atoms with Crippen molar-refractivity contribution in [2.24, 2.45) is 5.92 Å². The minimum atomic E-state index is -3.99. The third-order valence-corrected chi connectivity index (χ3v) is 7.72. The van der Waals surface area contributed by atoms with Gasteiger partial charge < -0.3 is 14.6 Å². The van der Waals surface area contributed by atoms with Crippen molar-refractivity contribution in [1.29, 1.82) is 0 Å². The van der Waals surface area contributed by atoms with E-state index in [1.54, 1.807) is 68.1 Å². The normalized spacial score (nSPS) is 12.3. The molecule has 1 heterocycles. The largest absolute Gasteiger partial charge is 0.464 e. The Labute approximate surface area is 236 Å². The number of ether oxygens (including phenoxy) is 1. The molecule has 2 aromatic carbocycles. The van der Waals surface area contributed by atoms with Crippen molar-refractivity contribution >= 4 is 33.6 Å². The number of carbonyl (C=O) groups is 2. The van der Waals surface area contributed by atoms with Gasteiger partial charge in [-0.25, -0.2) is 22.7 Å². The predicted octanol–water partition coefficient (Wildman–Crippen LogP) is 5.66. The second kappa shape index (κ2) is 13.0. The molecule has 10 nitrogen and oxygen atoms in total. The average molecular weight is 571 g/mol. The Bertz CT molecular complexity index is 1430. The molecule has 0 aliphatic heterocycles. The molecule has 1 unspecified atom stereocenters. The van der Waals surface area contributed by atoms with Crippen LogP contribution in [0.5, 0.6) is 0 Å². The van der Waals surface area contributed by atoms with E-state index >= 15 is 0 Å². The lowest BCUT2D eigenvalue weighted by Crippen LogP contribution is -2.51. The molecular formula is C29H38N4O6S. The van der Waals surface area contributed by atoms with Gasteiger partial charge in [-0.1, -0.05) is 49.3 Å². The number of carbonyl (C=O) groups excluding carboxylic acids is 2. The molecule has 0 fully saturated rings. The maximum absolute atomic E-state index is 13.3. The molecule has 216 valence electrons. The van der Waals surface area contributed by atoms with Crippen LogP contribution in [0.2, 0.25) is 0 Å². The molecule has 0 radical (unpaired) electrons. The van der Waals surface area contributed by atoms with Crippen LogP contribution in [0.3, 0.4) is 0 Å². The van der Waals surface area contributed by atoms with E-state index in [4.69, 9.17) is 9.26 Å². The van der Waals surface area contributed by atoms with Crippen molar-refractivity contribution < 1.29 is 27.3 Å². The van der Waals surface area contributed by atoms with E-state index in [-0.39, 0.29) is 29.3 Å². The van der Waals surface area contributed by atoms with Crippen molar-refractivity contribution in [3.8, 4) is 11.1 Å². The summed E-state index contributed by atoms with van der Waals surface area (Å²) in [7, 11) is -3.99. The van der Waals surface area contributed by atoms with E-state index in [0.717, 1.165) is 0 Å². The van der Waals surface area contributed by atoms with Gasteiger partial charge in [-0.15, -0.1) is 0 Å². The number of nitrogens with zero attached hydrogens (tertiary/aromatic N) is 2. The molecular weight excluding hydrogens is 532 g/mol. The first-order valence-electron chi connectivity index (χ1n) is 13.3. The quantitative estimate of drug-likeness (QED) is 0.284. The lowest BCUT2D eigenvalue weighted by Gasteiger charge is -2.29. The molecule has 40 heavy (non-hydrogen) atoms.